The first kappa shape index (κ1) is 15.8. The van der Waals surface area contributed by atoms with Gasteiger partial charge in [-0.3, -0.25) is 4.79 Å². The smallest absolute Gasteiger partial charge is 0.223 e. The van der Waals surface area contributed by atoms with Crippen molar-refractivity contribution in [2.75, 3.05) is 20.3 Å². The molecule has 20 heavy (non-hydrogen) atoms. The molecular weight excluding hydrogens is 344 g/mol. The van der Waals surface area contributed by atoms with E-state index in [4.69, 9.17) is 22.1 Å². The maximum atomic E-state index is 12.2. The summed E-state index contributed by atoms with van der Waals surface area (Å²) in [6.45, 7) is 1.01. The van der Waals surface area contributed by atoms with Gasteiger partial charge in [0, 0.05) is 35.6 Å². The van der Waals surface area contributed by atoms with Gasteiger partial charge in [-0.15, -0.1) is 0 Å². The maximum Gasteiger partial charge on any atom is 0.223 e. The minimum Gasteiger partial charge on any atom is -0.383 e. The lowest BCUT2D eigenvalue weighted by Crippen LogP contribution is -2.49. The van der Waals surface area contributed by atoms with Gasteiger partial charge in [-0.05, 0) is 30.2 Å². The zero-order valence-corrected chi connectivity index (χ0v) is 13.7. The highest BCUT2D eigenvalue weighted by atomic mass is 79.9. The molecule has 2 rings (SSSR count). The van der Waals surface area contributed by atoms with E-state index in [0.29, 0.717) is 31.0 Å². The third kappa shape index (κ3) is 3.34. The van der Waals surface area contributed by atoms with E-state index in [0.717, 1.165) is 10.0 Å². The van der Waals surface area contributed by atoms with Crippen LogP contribution in [-0.4, -0.2) is 37.1 Å². The predicted octanol–water partition coefficient (Wildman–Crippen LogP) is 2.74. The molecule has 0 spiro atoms. The second kappa shape index (κ2) is 6.89. The molecule has 1 aliphatic heterocycles. The van der Waals surface area contributed by atoms with Crippen molar-refractivity contribution in [3.8, 4) is 0 Å². The van der Waals surface area contributed by atoms with Crippen LogP contribution >= 0.6 is 27.5 Å². The van der Waals surface area contributed by atoms with Gasteiger partial charge in [0.2, 0.25) is 5.91 Å². The van der Waals surface area contributed by atoms with Gasteiger partial charge < -0.3 is 15.4 Å². The van der Waals surface area contributed by atoms with Crippen molar-refractivity contribution in [2.24, 2.45) is 5.73 Å². The Morgan fingerprint density at radius 2 is 2.30 bits per heavy atom. The quantitative estimate of drug-likeness (QED) is 0.897. The van der Waals surface area contributed by atoms with Crippen molar-refractivity contribution in [3.05, 3.63) is 33.3 Å². The van der Waals surface area contributed by atoms with E-state index in [9.17, 15) is 4.79 Å². The molecule has 6 heteroatoms. The highest BCUT2D eigenvalue weighted by Crippen LogP contribution is 2.36. The van der Waals surface area contributed by atoms with Crippen molar-refractivity contribution in [1.82, 2.24) is 4.90 Å². The Morgan fingerprint density at radius 1 is 1.55 bits per heavy atom. The van der Waals surface area contributed by atoms with E-state index in [2.05, 4.69) is 15.9 Å². The number of amides is 1. The molecule has 4 nitrogen and oxygen atoms in total. The number of nitrogens with two attached hydrogens (primary N) is 1. The molecule has 1 aromatic carbocycles. The van der Waals surface area contributed by atoms with E-state index in [-0.39, 0.29) is 18.0 Å². The molecule has 1 amide bonds. The summed E-state index contributed by atoms with van der Waals surface area (Å²) in [7, 11) is 1.62. The zero-order chi connectivity index (χ0) is 14.7. The molecule has 110 valence electrons. The Kier molecular flexibility index (Phi) is 5.43. The number of likely N-dealkylation sites (tertiary alicyclic amines) is 1. The number of carbonyl (C=O) groups is 1. The molecule has 0 radical (unpaired) electrons. The number of halogens is 2. The topological polar surface area (TPSA) is 55.6 Å². The first-order valence-corrected chi connectivity index (χ1v) is 7.70. The van der Waals surface area contributed by atoms with E-state index in [1.807, 2.05) is 18.2 Å². The van der Waals surface area contributed by atoms with Crippen LogP contribution in [-0.2, 0) is 9.53 Å². The van der Waals surface area contributed by atoms with Gasteiger partial charge in [-0.2, -0.15) is 0 Å². The van der Waals surface area contributed by atoms with Gasteiger partial charge in [-0.25, -0.2) is 0 Å². The largest absolute Gasteiger partial charge is 0.383 e. The van der Waals surface area contributed by atoms with Crippen LogP contribution in [0.25, 0.3) is 0 Å². The fourth-order valence-electron chi connectivity index (χ4n) is 2.57. The number of benzene rings is 1. The van der Waals surface area contributed by atoms with Crippen molar-refractivity contribution in [2.45, 2.75) is 24.9 Å². The molecule has 1 saturated heterocycles. The lowest BCUT2D eigenvalue weighted by Gasteiger charge is -2.40. The first-order valence-electron chi connectivity index (χ1n) is 6.53. The van der Waals surface area contributed by atoms with E-state index < -0.39 is 0 Å². The fourth-order valence-corrected chi connectivity index (χ4v) is 3.18. The summed E-state index contributed by atoms with van der Waals surface area (Å²) < 4.78 is 6.01. The average Bonchev–Trinajstić information content (AvgIpc) is 2.42. The second-order valence-electron chi connectivity index (χ2n) is 4.89. The van der Waals surface area contributed by atoms with Gasteiger partial charge in [-0.1, -0.05) is 27.5 Å². The summed E-state index contributed by atoms with van der Waals surface area (Å²) in [6, 6.07) is 5.32. The van der Waals surface area contributed by atoms with E-state index >= 15 is 0 Å². The summed E-state index contributed by atoms with van der Waals surface area (Å²) in [5, 5.41) is 0.630. The maximum absolute atomic E-state index is 12.2. The van der Waals surface area contributed by atoms with E-state index in [1.54, 1.807) is 12.0 Å². The minimum atomic E-state index is -0.198. The molecule has 0 aromatic heterocycles. The molecule has 1 heterocycles. The minimum absolute atomic E-state index is 0.102. The molecule has 1 aromatic rings. The standard InChI is InChI=1S/C14H18BrClN2O2/c1-20-7-6-18-13(19)5-4-12(17)14(18)10-8-9(15)2-3-11(10)16/h2-3,8,12,14H,4-7,17H2,1H3. The Labute approximate surface area is 132 Å². The van der Waals surface area contributed by atoms with Crippen molar-refractivity contribution < 1.29 is 9.53 Å². The zero-order valence-electron chi connectivity index (χ0n) is 11.3. The first-order chi connectivity index (χ1) is 9.54. The Balaban J connectivity index is 2.36. The Hall–Kier alpha value is -0.620. The molecule has 2 unspecified atom stereocenters. The Morgan fingerprint density at radius 3 is 3.00 bits per heavy atom. The number of rotatable bonds is 4. The van der Waals surface area contributed by atoms with Crippen molar-refractivity contribution in [1.29, 1.82) is 0 Å². The molecule has 2 N–H and O–H groups in total. The molecule has 0 aliphatic carbocycles. The van der Waals surface area contributed by atoms with Gasteiger partial charge in [0.1, 0.15) is 0 Å². The number of hydrogen-bond donors (Lipinski definition) is 1. The van der Waals surface area contributed by atoms with Crippen LogP contribution in [0.1, 0.15) is 24.4 Å². The second-order valence-corrected chi connectivity index (χ2v) is 6.22. The summed E-state index contributed by atoms with van der Waals surface area (Å²) in [5.41, 5.74) is 7.13. The molecule has 0 saturated carbocycles. The van der Waals surface area contributed by atoms with Gasteiger partial charge in [0.25, 0.3) is 0 Å². The normalized spacial score (nSPS) is 23.2. The van der Waals surface area contributed by atoms with Gasteiger partial charge >= 0.3 is 0 Å². The lowest BCUT2D eigenvalue weighted by molar-refractivity contribution is -0.138. The van der Waals surface area contributed by atoms with Crippen molar-refractivity contribution >= 4 is 33.4 Å². The fraction of sp³-hybridized carbons (Fsp3) is 0.500. The van der Waals surface area contributed by atoms with Crippen molar-refractivity contribution in [3.63, 3.8) is 0 Å². The monoisotopic (exact) mass is 360 g/mol. The van der Waals surface area contributed by atoms with Crippen LogP contribution in [0.2, 0.25) is 5.02 Å². The Bertz CT molecular complexity index is 498. The predicted molar refractivity (Wildman–Crippen MR) is 82.7 cm³/mol. The highest BCUT2D eigenvalue weighted by Gasteiger charge is 2.35. The molecular formula is C14H18BrClN2O2. The molecule has 1 aliphatic rings. The van der Waals surface area contributed by atoms with Crippen LogP contribution < -0.4 is 5.73 Å². The molecule has 2 atom stereocenters. The lowest BCUT2D eigenvalue weighted by atomic mass is 9.90. The molecule has 1 fully saturated rings. The SMILES string of the molecule is COCCN1C(=O)CCC(N)C1c1cc(Br)ccc1Cl. The summed E-state index contributed by atoms with van der Waals surface area (Å²) in [4.78, 5) is 14.0. The van der Waals surface area contributed by atoms with E-state index in [1.165, 1.54) is 0 Å². The van der Waals surface area contributed by atoms with Crippen LogP contribution in [0.15, 0.2) is 22.7 Å². The van der Waals surface area contributed by atoms with Crippen LogP contribution in [0.3, 0.4) is 0 Å². The van der Waals surface area contributed by atoms with Gasteiger partial charge in [0.15, 0.2) is 0 Å². The highest BCUT2D eigenvalue weighted by molar-refractivity contribution is 9.10. The number of hydrogen-bond acceptors (Lipinski definition) is 3. The summed E-state index contributed by atoms with van der Waals surface area (Å²) >= 11 is 9.74. The number of nitrogens with zero attached hydrogens (tertiary/aromatic N) is 1. The summed E-state index contributed by atoms with van der Waals surface area (Å²) in [5.74, 6) is 0.102. The third-order valence-electron chi connectivity index (χ3n) is 3.57. The van der Waals surface area contributed by atoms with Crippen LogP contribution in [0.4, 0.5) is 0 Å². The third-order valence-corrected chi connectivity index (χ3v) is 4.40. The average molecular weight is 362 g/mol. The molecule has 0 bridgehead atoms. The number of carbonyl (C=O) groups excluding carboxylic acids is 1. The number of methoxy groups -OCH3 is 1. The summed E-state index contributed by atoms with van der Waals surface area (Å²) in [6.07, 6.45) is 1.16. The van der Waals surface area contributed by atoms with Crippen LogP contribution in [0.5, 0.6) is 0 Å². The van der Waals surface area contributed by atoms with Crippen LogP contribution in [0, 0.1) is 0 Å². The number of ether oxygens (including phenoxy) is 1. The number of piperidine rings is 1. The van der Waals surface area contributed by atoms with Gasteiger partial charge in [0.05, 0.1) is 12.6 Å².